The molecule has 0 aliphatic carbocycles. The van der Waals surface area contributed by atoms with Crippen molar-refractivity contribution < 1.29 is 14.6 Å². The summed E-state index contributed by atoms with van der Waals surface area (Å²) in [5.74, 6) is 0. The van der Waals surface area contributed by atoms with Crippen LogP contribution in [0.25, 0.3) is 0 Å². The van der Waals surface area contributed by atoms with Crippen LogP contribution < -0.4 is 0 Å². The first-order valence-corrected chi connectivity index (χ1v) is 8.71. The number of ether oxygens (including phenoxy) is 2. The van der Waals surface area contributed by atoms with Gasteiger partial charge in [0.1, 0.15) is 0 Å². The molecule has 0 spiro atoms. The third-order valence-corrected chi connectivity index (χ3v) is 4.10. The molecule has 1 aromatic rings. The maximum absolute atomic E-state index is 10.2. The number of rotatable bonds is 11. The van der Waals surface area contributed by atoms with Crippen molar-refractivity contribution in [2.75, 3.05) is 59.2 Å². The van der Waals surface area contributed by atoms with Crippen LogP contribution in [0.3, 0.4) is 0 Å². The van der Waals surface area contributed by atoms with Crippen LogP contribution >= 0.6 is 0 Å². The molecule has 1 aliphatic heterocycles. The fourth-order valence-corrected chi connectivity index (χ4v) is 2.82. The van der Waals surface area contributed by atoms with E-state index in [1.54, 1.807) is 6.08 Å². The van der Waals surface area contributed by atoms with Crippen molar-refractivity contribution in [2.45, 2.75) is 12.6 Å². The van der Waals surface area contributed by atoms with E-state index in [0.29, 0.717) is 19.8 Å². The molecule has 0 radical (unpaired) electrons. The van der Waals surface area contributed by atoms with Gasteiger partial charge in [0.2, 0.25) is 0 Å². The molecule has 1 aliphatic rings. The first kappa shape index (κ1) is 19.1. The lowest BCUT2D eigenvalue weighted by atomic mass is 10.2. The molecule has 5 nitrogen and oxygen atoms in total. The molecule has 1 heterocycles. The fourth-order valence-electron chi connectivity index (χ4n) is 2.82. The summed E-state index contributed by atoms with van der Waals surface area (Å²) in [6.45, 7) is 11.4. The van der Waals surface area contributed by atoms with Crippen LogP contribution in [0.1, 0.15) is 5.56 Å². The Bertz CT molecular complexity index is 449. The first-order valence-electron chi connectivity index (χ1n) is 8.71. The number of aliphatic hydroxyl groups is 1. The summed E-state index contributed by atoms with van der Waals surface area (Å²) < 4.78 is 10.8. The summed E-state index contributed by atoms with van der Waals surface area (Å²) in [6, 6.07) is 10.4. The highest BCUT2D eigenvalue weighted by Crippen LogP contribution is 2.07. The van der Waals surface area contributed by atoms with Crippen LogP contribution in [0.15, 0.2) is 43.0 Å². The van der Waals surface area contributed by atoms with Crippen molar-refractivity contribution in [1.82, 2.24) is 9.80 Å². The van der Waals surface area contributed by atoms with Gasteiger partial charge in [0.05, 0.1) is 32.5 Å². The number of aliphatic hydroxyl groups excluding tert-OH is 1. The Kier molecular flexibility index (Phi) is 9.02. The van der Waals surface area contributed by atoms with Gasteiger partial charge in [-0.05, 0) is 5.56 Å². The topological polar surface area (TPSA) is 45.2 Å². The molecule has 1 fully saturated rings. The van der Waals surface area contributed by atoms with Gasteiger partial charge >= 0.3 is 0 Å². The average molecular weight is 334 g/mol. The Morgan fingerprint density at radius 3 is 2.75 bits per heavy atom. The lowest BCUT2D eigenvalue weighted by Gasteiger charge is -2.31. The SMILES string of the molecule is C=CCOC[C@@H](O)CN(CCN1CCOCC1)Cc1ccccc1. The molecule has 0 amide bonds. The van der Waals surface area contributed by atoms with Crippen LogP contribution in [0.4, 0.5) is 0 Å². The van der Waals surface area contributed by atoms with E-state index < -0.39 is 6.10 Å². The van der Waals surface area contributed by atoms with Gasteiger partial charge in [-0.15, -0.1) is 6.58 Å². The lowest BCUT2D eigenvalue weighted by Crippen LogP contribution is -2.43. The molecule has 1 N–H and O–H groups in total. The number of nitrogens with zero attached hydrogens (tertiary/aromatic N) is 2. The predicted molar refractivity (Wildman–Crippen MR) is 96.0 cm³/mol. The quantitative estimate of drug-likeness (QED) is 0.489. The summed E-state index contributed by atoms with van der Waals surface area (Å²) in [4.78, 5) is 4.72. The van der Waals surface area contributed by atoms with Crippen molar-refractivity contribution in [3.63, 3.8) is 0 Å². The summed E-state index contributed by atoms with van der Waals surface area (Å²) >= 11 is 0. The largest absolute Gasteiger partial charge is 0.389 e. The van der Waals surface area contributed by atoms with Gasteiger partial charge in [0.25, 0.3) is 0 Å². The Hall–Kier alpha value is -1.24. The molecule has 0 saturated carbocycles. The summed E-state index contributed by atoms with van der Waals surface area (Å²) in [5.41, 5.74) is 1.26. The zero-order valence-electron chi connectivity index (χ0n) is 14.5. The van der Waals surface area contributed by atoms with Gasteiger partial charge in [-0.3, -0.25) is 9.80 Å². The van der Waals surface area contributed by atoms with Crippen molar-refractivity contribution >= 4 is 0 Å². The monoisotopic (exact) mass is 334 g/mol. The van der Waals surface area contributed by atoms with E-state index in [9.17, 15) is 5.11 Å². The third kappa shape index (κ3) is 7.55. The first-order chi connectivity index (χ1) is 11.8. The number of hydrogen-bond donors (Lipinski definition) is 1. The second-order valence-electron chi connectivity index (χ2n) is 6.15. The molecule has 0 unspecified atom stereocenters. The van der Waals surface area contributed by atoms with E-state index in [1.165, 1.54) is 5.56 Å². The molecule has 134 valence electrons. The third-order valence-electron chi connectivity index (χ3n) is 4.10. The molecule has 0 aromatic heterocycles. The fraction of sp³-hybridized carbons (Fsp3) is 0.579. The molecule has 0 bridgehead atoms. The normalized spacial score (nSPS) is 17.1. The second-order valence-corrected chi connectivity index (χ2v) is 6.15. The molecule has 5 heteroatoms. The maximum atomic E-state index is 10.2. The highest BCUT2D eigenvalue weighted by atomic mass is 16.5. The Balaban J connectivity index is 1.83. The zero-order chi connectivity index (χ0) is 17.0. The summed E-state index contributed by atoms with van der Waals surface area (Å²) in [7, 11) is 0. The molecule has 2 rings (SSSR count). The van der Waals surface area contributed by atoms with Crippen LogP contribution in [-0.2, 0) is 16.0 Å². The van der Waals surface area contributed by atoms with Crippen molar-refractivity contribution in [1.29, 1.82) is 0 Å². The van der Waals surface area contributed by atoms with Crippen LogP contribution in [0.5, 0.6) is 0 Å². The molecule has 1 atom stereocenters. The highest BCUT2D eigenvalue weighted by Gasteiger charge is 2.15. The smallest absolute Gasteiger partial charge is 0.0900 e. The molecule has 1 saturated heterocycles. The minimum Gasteiger partial charge on any atom is -0.389 e. The average Bonchev–Trinajstić information content (AvgIpc) is 2.62. The van der Waals surface area contributed by atoms with Crippen LogP contribution in [0, 0.1) is 0 Å². The van der Waals surface area contributed by atoms with Crippen molar-refractivity contribution in [3.05, 3.63) is 48.6 Å². The molecule has 24 heavy (non-hydrogen) atoms. The highest BCUT2D eigenvalue weighted by molar-refractivity contribution is 5.14. The second kappa shape index (κ2) is 11.3. The lowest BCUT2D eigenvalue weighted by molar-refractivity contribution is 0.0128. The van der Waals surface area contributed by atoms with Gasteiger partial charge in [-0.2, -0.15) is 0 Å². The van der Waals surface area contributed by atoms with E-state index in [-0.39, 0.29) is 0 Å². The Morgan fingerprint density at radius 1 is 1.29 bits per heavy atom. The van der Waals surface area contributed by atoms with E-state index in [0.717, 1.165) is 45.9 Å². The Labute approximate surface area is 145 Å². The summed E-state index contributed by atoms with van der Waals surface area (Å²) in [5, 5.41) is 10.2. The molecule has 1 aromatic carbocycles. The van der Waals surface area contributed by atoms with Crippen LogP contribution in [-0.4, -0.2) is 80.2 Å². The van der Waals surface area contributed by atoms with Crippen molar-refractivity contribution in [3.8, 4) is 0 Å². The Morgan fingerprint density at radius 2 is 2.04 bits per heavy atom. The van der Waals surface area contributed by atoms with E-state index in [4.69, 9.17) is 9.47 Å². The number of benzene rings is 1. The minimum absolute atomic E-state index is 0.342. The van der Waals surface area contributed by atoms with E-state index >= 15 is 0 Å². The van der Waals surface area contributed by atoms with E-state index in [1.807, 2.05) is 6.07 Å². The maximum Gasteiger partial charge on any atom is 0.0900 e. The molecular weight excluding hydrogens is 304 g/mol. The van der Waals surface area contributed by atoms with Gasteiger partial charge in [0.15, 0.2) is 0 Å². The van der Waals surface area contributed by atoms with Gasteiger partial charge in [-0.1, -0.05) is 36.4 Å². The number of hydrogen-bond acceptors (Lipinski definition) is 5. The van der Waals surface area contributed by atoms with Gasteiger partial charge in [-0.25, -0.2) is 0 Å². The standard InChI is InChI=1S/C19H30N2O3/c1-2-12-24-17-19(22)16-21(15-18-6-4-3-5-7-18)9-8-20-10-13-23-14-11-20/h2-7,19,22H,1,8-17H2/t19-/m0/s1. The summed E-state index contributed by atoms with van der Waals surface area (Å²) in [6.07, 6.45) is 1.21. The molecular formula is C19H30N2O3. The van der Waals surface area contributed by atoms with Crippen LogP contribution in [0.2, 0.25) is 0 Å². The minimum atomic E-state index is -0.488. The number of morpholine rings is 1. The van der Waals surface area contributed by atoms with Gasteiger partial charge in [0, 0.05) is 39.3 Å². The van der Waals surface area contributed by atoms with E-state index in [2.05, 4.69) is 40.6 Å². The zero-order valence-corrected chi connectivity index (χ0v) is 14.5. The predicted octanol–water partition coefficient (Wildman–Crippen LogP) is 1.38. The van der Waals surface area contributed by atoms with Gasteiger partial charge < -0.3 is 14.6 Å². The van der Waals surface area contributed by atoms with Crippen molar-refractivity contribution in [2.24, 2.45) is 0 Å².